The summed E-state index contributed by atoms with van der Waals surface area (Å²) in [6, 6.07) is -0.719. The standard InChI is InChI=1S/C15H23N3O3/c1-10-11(9-16-18(10)15(2,3)4)13(19)17-8-6-5-7-12(17)14(20)21/h9,12H,5-8H2,1-4H3,(H,20,21)/t12-/m1/s1. The second kappa shape index (κ2) is 5.50. The van der Waals surface area contributed by atoms with E-state index in [-0.39, 0.29) is 11.4 Å². The molecule has 1 amide bonds. The summed E-state index contributed by atoms with van der Waals surface area (Å²) in [5, 5.41) is 13.6. The van der Waals surface area contributed by atoms with Gasteiger partial charge >= 0.3 is 5.97 Å². The second-order valence-electron chi connectivity index (χ2n) is 6.57. The van der Waals surface area contributed by atoms with Gasteiger partial charge in [-0.1, -0.05) is 0 Å². The summed E-state index contributed by atoms with van der Waals surface area (Å²) in [5.74, 6) is -1.15. The van der Waals surface area contributed by atoms with Crippen molar-refractivity contribution < 1.29 is 14.7 Å². The molecule has 1 aliphatic rings. The molecule has 6 heteroatoms. The lowest BCUT2D eigenvalue weighted by Crippen LogP contribution is -2.48. The average Bonchev–Trinajstić information content (AvgIpc) is 2.79. The zero-order valence-corrected chi connectivity index (χ0v) is 13.1. The molecule has 1 atom stereocenters. The maximum Gasteiger partial charge on any atom is 0.326 e. The Bertz CT molecular complexity index is 557. The van der Waals surface area contributed by atoms with Crippen LogP contribution < -0.4 is 0 Å². The maximum absolute atomic E-state index is 12.7. The molecule has 2 rings (SSSR count). The lowest BCUT2D eigenvalue weighted by atomic mass is 10.0. The van der Waals surface area contributed by atoms with Crippen LogP contribution in [0.25, 0.3) is 0 Å². The number of carbonyl (C=O) groups excluding carboxylic acids is 1. The van der Waals surface area contributed by atoms with Gasteiger partial charge in [-0.3, -0.25) is 9.48 Å². The zero-order chi connectivity index (χ0) is 15.8. The Labute approximate surface area is 124 Å². The Kier molecular flexibility index (Phi) is 4.07. The van der Waals surface area contributed by atoms with Crippen LogP contribution in [0.2, 0.25) is 0 Å². The lowest BCUT2D eigenvalue weighted by molar-refractivity contribution is -0.143. The Balaban J connectivity index is 2.31. The molecule has 0 aromatic carbocycles. The summed E-state index contributed by atoms with van der Waals surface area (Å²) >= 11 is 0. The molecule has 1 aromatic heterocycles. The predicted molar refractivity (Wildman–Crippen MR) is 78.3 cm³/mol. The third-order valence-corrected chi connectivity index (χ3v) is 3.92. The van der Waals surface area contributed by atoms with Gasteiger partial charge in [0.2, 0.25) is 0 Å². The van der Waals surface area contributed by atoms with Gasteiger partial charge in [0.15, 0.2) is 0 Å². The molecular formula is C15H23N3O3. The SMILES string of the molecule is Cc1c(C(=O)N2CCCC[C@@H]2C(=O)O)cnn1C(C)(C)C. The van der Waals surface area contributed by atoms with E-state index in [1.54, 1.807) is 10.9 Å². The molecule has 0 radical (unpaired) electrons. The first-order valence-corrected chi connectivity index (χ1v) is 7.32. The molecule has 1 saturated heterocycles. The van der Waals surface area contributed by atoms with Crippen molar-refractivity contribution in [3.05, 3.63) is 17.5 Å². The third kappa shape index (κ3) is 2.94. The molecule has 0 saturated carbocycles. The molecule has 0 unspecified atom stereocenters. The smallest absolute Gasteiger partial charge is 0.326 e. The molecule has 6 nitrogen and oxygen atoms in total. The molecule has 0 aliphatic carbocycles. The first-order valence-electron chi connectivity index (χ1n) is 7.32. The minimum atomic E-state index is -0.927. The number of rotatable bonds is 2. The molecule has 1 N–H and O–H groups in total. The van der Waals surface area contributed by atoms with Crippen LogP contribution in [0.1, 0.15) is 56.1 Å². The quantitative estimate of drug-likeness (QED) is 0.905. The molecule has 1 aliphatic heterocycles. The summed E-state index contributed by atoms with van der Waals surface area (Å²) in [6.07, 6.45) is 3.77. The highest BCUT2D eigenvalue weighted by Crippen LogP contribution is 2.23. The fourth-order valence-electron chi connectivity index (χ4n) is 2.88. The van der Waals surface area contributed by atoms with E-state index in [2.05, 4.69) is 5.10 Å². The van der Waals surface area contributed by atoms with Crippen molar-refractivity contribution in [2.24, 2.45) is 0 Å². The van der Waals surface area contributed by atoms with E-state index in [0.717, 1.165) is 18.5 Å². The minimum Gasteiger partial charge on any atom is -0.480 e. The second-order valence-corrected chi connectivity index (χ2v) is 6.57. The van der Waals surface area contributed by atoms with Crippen LogP contribution in [-0.2, 0) is 10.3 Å². The van der Waals surface area contributed by atoms with Crippen LogP contribution in [0.4, 0.5) is 0 Å². The largest absolute Gasteiger partial charge is 0.480 e. The molecule has 1 fully saturated rings. The number of likely N-dealkylation sites (tertiary alicyclic amines) is 1. The number of carbonyl (C=O) groups is 2. The number of carboxylic acids is 1. The van der Waals surface area contributed by atoms with Crippen molar-refractivity contribution in [3.8, 4) is 0 Å². The number of hydrogen-bond donors (Lipinski definition) is 1. The van der Waals surface area contributed by atoms with Crippen molar-refractivity contribution in [1.82, 2.24) is 14.7 Å². The fraction of sp³-hybridized carbons (Fsp3) is 0.667. The highest BCUT2D eigenvalue weighted by Gasteiger charge is 2.34. The summed E-state index contributed by atoms with van der Waals surface area (Å²) in [7, 11) is 0. The van der Waals surface area contributed by atoms with Gasteiger partial charge in [-0.2, -0.15) is 5.10 Å². The molecule has 0 spiro atoms. The van der Waals surface area contributed by atoms with E-state index in [1.807, 2.05) is 27.7 Å². The number of hydrogen-bond acceptors (Lipinski definition) is 3. The Morgan fingerprint density at radius 3 is 2.52 bits per heavy atom. The van der Waals surface area contributed by atoms with Crippen LogP contribution in [0.5, 0.6) is 0 Å². The van der Waals surface area contributed by atoms with Crippen molar-refractivity contribution >= 4 is 11.9 Å². The zero-order valence-electron chi connectivity index (χ0n) is 13.1. The van der Waals surface area contributed by atoms with Crippen LogP contribution in [0, 0.1) is 6.92 Å². The fourth-order valence-corrected chi connectivity index (χ4v) is 2.88. The molecule has 21 heavy (non-hydrogen) atoms. The summed E-state index contributed by atoms with van der Waals surface area (Å²) in [5.41, 5.74) is 1.07. The lowest BCUT2D eigenvalue weighted by Gasteiger charge is -2.33. The van der Waals surface area contributed by atoms with Crippen molar-refractivity contribution in [3.63, 3.8) is 0 Å². The highest BCUT2D eigenvalue weighted by atomic mass is 16.4. The number of aromatic nitrogens is 2. The number of carboxylic acid groups (broad SMARTS) is 1. The van der Waals surface area contributed by atoms with Crippen LogP contribution in [0.3, 0.4) is 0 Å². The summed E-state index contributed by atoms with van der Waals surface area (Å²) < 4.78 is 1.81. The average molecular weight is 293 g/mol. The molecular weight excluding hydrogens is 270 g/mol. The third-order valence-electron chi connectivity index (χ3n) is 3.92. The van der Waals surface area contributed by atoms with E-state index < -0.39 is 12.0 Å². The van der Waals surface area contributed by atoms with Gasteiger partial charge in [0.25, 0.3) is 5.91 Å². The van der Waals surface area contributed by atoms with Crippen molar-refractivity contribution in [2.45, 2.75) is 58.5 Å². The van der Waals surface area contributed by atoms with Crippen LogP contribution >= 0.6 is 0 Å². The Morgan fingerprint density at radius 1 is 1.33 bits per heavy atom. The van der Waals surface area contributed by atoms with Gasteiger partial charge in [-0.15, -0.1) is 0 Å². The number of piperidine rings is 1. The van der Waals surface area contributed by atoms with Crippen molar-refractivity contribution in [2.75, 3.05) is 6.54 Å². The van der Waals surface area contributed by atoms with Gasteiger partial charge in [0.05, 0.1) is 17.3 Å². The molecule has 0 bridgehead atoms. The van der Waals surface area contributed by atoms with Gasteiger partial charge in [0, 0.05) is 12.2 Å². The van der Waals surface area contributed by atoms with Crippen LogP contribution in [-0.4, -0.2) is 44.3 Å². The predicted octanol–water partition coefficient (Wildman–Crippen LogP) is 2.03. The van der Waals surface area contributed by atoms with Gasteiger partial charge in [-0.05, 0) is 47.0 Å². The normalized spacial score (nSPS) is 19.6. The summed E-state index contributed by atoms with van der Waals surface area (Å²) in [4.78, 5) is 25.5. The molecule has 2 heterocycles. The molecule has 1 aromatic rings. The summed E-state index contributed by atoms with van der Waals surface area (Å²) in [6.45, 7) is 8.40. The van der Waals surface area contributed by atoms with Gasteiger partial charge in [0.1, 0.15) is 6.04 Å². The van der Waals surface area contributed by atoms with E-state index >= 15 is 0 Å². The highest BCUT2D eigenvalue weighted by molar-refractivity contribution is 5.97. The van der Waals surface area contributed by atoms with Crippen LogP contribution in [0.15, 0.2) is 6.20 Å². The van der Waals surface area contributed by atoms with E-state index in [9.17, 15) is 14.7 Å². The van der Waals surface area contributed by atoms with E-state index in [4.69, 9.17) is 0 Å². The Morgan fingerprint density at radius 2 is 2.00 bits per heavy atom. The first kappa shape index (κ1) is 15.5. The Hall–Kier alpha value is -1.85. The monoisotopic (exact) mass is 293 g/mol. The number of nitrogens with zero attached hydrogens (tertiary/aromatic N) is 3. The van der Waals surface area contributed by atoms with Gasteiger partial charge < -0.3 is 10.0 Å². The first-order chi connectivity index (χ1) is 9.73. The van der Waals surface area contributed by atoms with Crippen molar-refractivity contribution in [1.29, 1.82) is 0 Å². The molecule has 116 valence electrons. The van der Waals surface area contributed by atoms with E-state index in [1.165, 1.54) is 4.90 Å². The number of amides is 1. The number of aliphatic carboxylic acids is 1. The minimum absolute atomic E-state index is 0.212. The van der Waals surface area contributed by atoms with E-state index in [0.29, 0.717) is 18.5 Å². The van der Waals surface area contributed by atoms with Gasteiger partial charge in [-0.25, -0.2) is 4.79 Å². The maximum atomic E-state index is 12.7. The topological polar surface area (TPSA) is 75.4 Å².